The van der Waals surface area contributed by atoms with Gasteiger partial charge in [0.15, 0.2) is 0 Å². The van der Waals surface area contributed by atoms with Crippen molar-refractivity contribution in [2.75, 3.05) is 27.2 Å². The van der Waals surface area contributed by atoms with Crippen LogP contribution in [0.25, 0.3) is 10.9 Å². The van der Waals surface area contributed by atoms with Crippen LogP contribution in [0, 0.1) is 0 Å². The first-order valence-electron chi connectivity index (χ1n) is 6.50. The molecule has 1 aromatic heterocycles. The van der Waals surface area contributed by atoms with Crippen LogP contribution in [-0.4, -0.2) is 48.0 Å². The summed E-state index contributed by atoms with van der Waals surface area (Å²) in [6, 6.07) is 7.14. The third-order valence-electron chi connectivity index (χ3n) is 2.92. The minimum Gasteiger partial charge on any atom is -0.351 e. The summed E-state index contributed by atoms with van der Waals surface area (Å²) < 4.78 is 0. The molecule has 0 bridgehead atoms. The first-order chi connectivity index (χ1) is 9.58. The number of para-hydroxylation sites is 1. The summed E-state index contributed by atoms with van der Waals surface area (Å²) in [7, 11) is 3.96. The second kappa shape index (κ2) is 6.29. The van der Waals surface area contributed by atoms with Gasteiger partial charge in [0, 0.05) is 11.9 Å². The summed E-state index contributed by atoms with van der Waals surface area (Å²) in [5, 5.41) is 3.44. The molecule has 0 fully saturated rings. The number of hydrogen-bond donors (Lipinski definition) is 2. The van der Waals surface area contributed by atoms with Crippen LogP contribution in [0.2, 0.25) is 0 Å². The Hall–Kier alpha value is -2.21. The first-order valence-corrected chi connectivity index (χ1v) is 6.50. The van der Waals surface area contributed by atoms with Gasteiger partial charge in [-0.3, -0.25) is 4.79 Å². The molecule has 0 unspecified atom stereocenters. The van der Waals surface area contributed by atoms with Gasteiger partial charge in [-0.2, -0.15) is 4.98 Å². The van der Waals surface area contributed by atoms with Gasteiger partial charge in [-0.1, -0.05) is 18.2 Å². The molecule has 0 saturated carbocycles. The number of carbonyl (C=O) groups is 1. The van der Waals surface area contributed by atoms with E-state index in [1.807, 2.05) is 25.1 Å². The summed E-state index contributed by atoms with van der Waals surface area (Å²) in [6.07, 6.45) is 0.847. The lowest BCUT2D eigenvalue weighted by Crippen LogP contribution is -2.29. The van der Waals surface area contributed by atoms with Crippen LogP contribution in [-0.2, 0) is 0 Å². The normalized spacial score (nSPS) is 10.9. The predicted molar refractivity (Wildman–Crippen MR) is 77.9 cm³/mol. The van der Waals surface area contributed by atoms with Crippen molar-refractivity contribution < 1.29 is 4.79 Å². The number of rotatable bonds is 5. The fourth-order valence-electron chi connectivity index (χ4n) is 1.96. The van der Waals surface area contributed by atoms with E-state index >= 15 is 0 Å². The summed E-state index contributed by atoms with van der Waals surface area (Å²) in [4.78, 5) is 32.0. The highest BCUT2D eigenvalue weighted by molar-refractivity contribution is 6.04. The maximum absolute atomic E-state index is 12.1. The van der Waals surface area contributed by atoms with Crippen LogP contribution >= 0.6 is 0 Å². The van der Waals surface area contributed by atoms with Crippen LogP contribution in [0.1, 0.15) is 16.9 Å². The number of benzene rings is 1. The van der Waals surface area contributed by atoms with E-state index in [0.717, 1.165) is 13.0 Å². The van der Waals surface area contributed by atoms with Gasteiger partial charge in [0.25, 0.3) is 5.91 Å². The average molecular weight is 274 g/mol. The largest absolute Gasteiger partial charge is 0.351 e. The van der Waals surface area contributed by atoms with Gasteiger partial charge in [0.2, 0.25) is 0 Å². The van der Waals surface area contributed by atoms with Crippen molar-refractivity contribution in [2.45, 2.75) is 6.42 Å². The fraction of sp³-hybridized carbons (Fsp3) is 0.357. The Labute approximate surface area is 116 Å². The lowest BCUT2D eigenvalue weighted by molar-refractivity contribution is 0.0949. The molecule has 6 nitrogen and oxygen atoms in total. The van der Waals surface area contributed by atoms with E-state index in [4.69, 9.17) is 0 Å². The van der Waals surface area contributed by atoms with Crippen molar-refractivity contribution in [1.29, 1.82) is 0 Å². The maximum atomic E-state index is 12.1. The van der Waals surface area contributed by atoms with E-state index < -0.39 is 5.69 Å². The number of hydrogen-bond acceptors (Lipinski definition) is 4. The van der Waals surface area contributed by atoms with Gasteiger partial charge in [-0.05, 0) is 33.1 Å². The second-order valence-electron chi connectivity index (χ2n) is 4.85. The van der Waals surface area contributed by atoms with Crippen LogP contribution in [0.4, 0.5) is 0 Å². The maximum Gasteiger partial charge on any atom is 0.346 e. The molecule has 0 aliphatic rings. The second-order valence-corrected chi connectivity index (χ2v) is 4.85. The smallest absolute Gasteiger partial charge is 0.346 e. The number of H-pyrrole nitrogens is 1. The van der Waals surface area contributed by atoms with E-state index in [0.29, 0.717) is 17.4 Å². The number of fused-ring (bicyclic) bond motifs is 1. The molecule has 1 aromatic carbocycles. The molecule has 0 aliphatic heterocycles. The van der Waals surface area contributed by atoms with E-state index in [1.165, 1.54) is 0 Å². The van der Waals surface area contributed by atoms with Crippen LogP contribution in [0.3, 0.4) is 0 Å². The van der Waals surface area contributed by atoms with Gasteiger partial charge in [0.05, 0.1) is 5.52 Å². The Kier molecular flexibility index (Phi) is 4.47. The van der Waals surface area contributed by atoms with Crippen molar-refractivity contribution in [3.8, 4) is 0 Å². The quantitative estimate of drug-likeness (QED) is 0.783. The summed E-state index contributed by atoms with van der Waals surface area (Å²) >= 11 is 0. The highest BCUT2D eigenvalue weighted by atomic mass is 16.2. The molecule has 20 heavy (non-hydrogen) atoms. The molecule has 2 aromatic rings. The molecule has 0 radical (unpaired) electrons. The first kappa shape index (κ1) is 14.2. The molecule has 106 valence electrons. The number of nitrogens with one attached hydrogen (secondary N) is 2. The third-order valence-corrected chi connectivity index (χ3v) is 2.92. The molecular weight excluding hydrogens is 256 g/mol. The van der Waals surface area contributed by atoms with Crippen molar-refractivity contribution >= 4 is 16.8 Å². The highest BCUT2D eigenvalue weighted by Crippen LogP contribution is 2.12. The van der Waals surface area contributed by atoms with Crippen LogP contribution in [0.5, 0.6) is 0 Å². The molecule has 2 N–H and O–H groups in total. The molecule has 2 rings (SSSR count). The lowest BCUT2D eigenvalue weighted by atomic mass is 10.2. The van der Waals surface area contributed by atoms with Crippen LogP contribution < -0.4 is 11.0 Å². The third kappa shape index (κ3) is 3.42. The van der Waals surface area contributed by atoms with E-state index in [1.54, 1.807) is 18.2 Å². The average Bonchev–Trinajstić information content (AvgIpc) is 2.42. The molecule has 0 saturated heterocycles. The topological polar surface area (TPSA) is 78.1 Å². The zero-order valence-electron chi connectivity index (χ0n) is 11.6. The number of nitrogens with zero attached hydrogens (tertiary/aromatic N) is 2. The molecule has 6 heteroatoms. The molecular formula is C14H18N4O2. The monoisotopic (exact) mass is 274 g/mol. The van der Waals surface area contributed by atoms with Gasteiger partial charge >= 0.3 is 5.69 Å². The Balaban J connectivity index is 2.15. The highest BCUT2D eigenvalue weighted by Gasteiger charge is 2.12. The SMILES string of the molecule is CN(C)CCCNC(=O)c1nc(=O)[nH]c2ccccc12. The van der Waals surface area contributed by atoms with Gasteiger partial charge in [0.1, 0.15) is 5.69 Å². The molecule has 0 atom stereocenters. The van der Waals surface area contributed by atoms with Crippen molar-refractivity contribution in [1.82, 2.24) is 20.2 Å². The molecule has 0 spiro atoms. The molecule has 1 amide bonds. The zero-order valence-corrected chi connectivity index (χ0v) is 11.6. The van der Waals surface area contributed by atoms with Gasteiger partial charge in [-0.25, -0.2) is 4.79 Å². The number of aromatic amines is 1. The summed E-state index contributed by atoms with van der Waals surface area (Å²) in [6.45, 7) is 1.45. The van der Waals surface area contributed by atoms with Gasteiger partial charge < -0.3 is 15.2 Å². The molecule has 1 heterocycles. The van der Waals surface area contributed by atoms with Gasteiger partial charge in [-0.15, -0.1) is 0 Å². The number of carbonyl (C=O) groups excluding carboxylic acids is 1. The zero-order chi connectivity index (χ0) is 14.5. The Morgan fingerprint density at radius 2 is 2.10 bits per heavy atom. The predicted octanol–water partition coefficient (Wildman–Crippen LogP) is 0.605. The Morgan fingerprint density at radius 3 is 2.85 bits per heavy atom. The minimum atomic E-state index is -0.512. The summed E-state index contributed by atoms with van der Waals surface area (Å²) in [5.41, 5.74) is 0.280. The molecule has 0 aliphatic carbocycles. The lowest BCUT2D eigenvalue weighted by Gasteiger charge is -2.10. The van der Waals surface area contributed by atoms with Crippen molar-refractivity contribution in [3.05, 3.63) is 40.4 Å². The van der Waals surface area contributed by atoms with Crippen molar-refractivity contribution in [3.63, 3.8) is 0 Å². The Bertz CT molecular complexity index is 664. The van der Waals surface area contributed by atoms with Crippen molar-refractivity contribution in [2.24, 2.45) is 0 Å². The van der Waals surface area contributed by atoms with E-state index in [9.17, 15) is 9.59 Å². The van der Waals surface area contributed by atoms with Crippen LogP contribution in [0.15, 0.2) is 29.1 Å². The standard InChI is InChI=1S/C14H18N4O2/c1-18(2)9-5-8-15-13(19)12-10-6-3-4-7-11(10)16-14(20)17-12/h3-4,6-7H,5,8-9H2,1-2H3,(H,15,19)(H,16,17,20). The van der Waals surface area contributed by atoms with E-state index in [2.05, 4.69) is 15.3 Å². The number of amides is 1. The number of aromatic nitrogens is 2. The van der Waals surface area contributed by atoms with E-state index in [-0.39, 0.29) is 11.6 Å². The summed E-state index contributed by atoms with van der Waals surface area (Å²) in [5.74, 6) is -0.314. The fourth-order valence-corrected chi connectivity index (χ4v) is 1.96. The minimum absolute atomic E-state index is 0.175. The Morgan fingerprint density at radius 1 is 1.35 bits per heavy atom.